The van der Waals surface area contributed by atoms with Crippen LogP contribution in [0.2, 0.25) is 0 Å². The first-order valence-corrected chi connectivity index (χ1v) is 11.3. The Bertz CT molecular complexity index is 1620. The molecule has 9 heteroatoms. The number of aromatic carboxylic acids is 1. The first-order valence-electron chi connectivity index (χ1n) is 11.3. The molecule has 5 aromatic rings. The maximum absolute atomic E-state index is 12.4. The van der Waals surface area contributed by atoms with Crippen LogP contribution in [0.25, 0.3) is 22.3 Å². The van der Waals surface area contributed by atoms with Crippen molar-refractivity contribution < 1.29 is 14.6 Å². The highest BCUT2D eigenvalue weighted by Crippen LogP contribution is 2.22. The molecule has 0 spiro atoms. The first-order chi connectivity index (χ1) is 17.5. The average molecular weight is 482 g/mol. The molecular formula is C27H23N5O4. The summed E-state index contributed by atoms with van der Waals surface area (Å²) in [4.78, 5) is 28.0. The third kappa shape index (κ3) is 4.80. The van der Waals surface area contributed by atoms with E-state index < -0.39 is 5.97 Å². The van der Waals surface area contributed by atoms with Crippen LogP contribution in [0.15, 0.2) is 89.7 Å². The number of nitrogen functional groups attached to an aromatic ring is 1. The molecule has 180 valence electrons. The molecule has 9 nitrogen and oxygen atoms in total. The predicted octanol–water partition coefficient (Wildman–Crippen LogP) is 3.67. The number of aromatic nitrogens is 4. The molecule has 0 fully saturated rings. The normalized spacial score (nSPS) is 11.0. The van der Waals surface area contributed by atoms with Gasteiger partial charge in [-0.1, -0.05) is 36.4 Å². The Labute approximate surface area is 206 Å². The van der Waals surface area contributed by atoms with Gasteiger partial charge in [0.1, 0.15) is 12.4 Å². The Balaban J connectivity index is 1.32. The summed E-state index contributed by atoms with van der Waals surface area (Å²) in [7, 11) is 0. The zero-order valence-corrected chi connectivity index (χ0v) is 19.2. The van der Waals surface area contributed by atoms with Gasteiger partial charge < -0.3 is 20.1 Å². The van der Waals surface area contributed by atoms with Crippen molar-refractivity contribution in [3.63, 3.8) is 0 Å². The maximum Gasteiger partial charge on any atom is 0.335 e. The topological polar surface area (TPSA) is 125 Å². The summed E-state index contributed by atoms with van der Waals surface area (Å²) in [5, 5.41) is 13.7. The predicted molar refractivity (Wildman–Crippen MR) is 136 cm³/mol. The maximum atomic E-state index is 12.4. The standard InChI is InChI=1S/C27H23N5O4/c28-27-29-23-9-1-2-10-24(23)31(27)13-14-36-21-8-4-6-19(16-21)22-11-12-25(33)32(30-22)17-18-5-3-7-20(15-18)26(34)35/h1-12,15-16H,13-14,17H2,(H2,28,29)(H,34,35). The molecular weight excluding hydrogens is 458 g/mol. The minimum absolute atomic E-state index is 0.157. The smallest absolute Gasteiger partial charge is 0.335 e. The molecule has 0 bridgehead atoms. The number of nitrogens with two attached hydrogens (primary N) is 1. The van der Waals surface area contributed by atoms with Gasteiger partial charge in [0.05, 0.1) is 35.4 Å². The van der Waals surface area contributed by atoms with Crippen LogP contribution in [0.3, 0.4) is 0 Å². The number of para-hydroxylation sites is 2. The second kappa shape index (κ2) is 9.75. The van der Waals surface area contributed by atoms with E-state index in [4.69, 9.17) is 10.5 Å². The lowest BCUT2D eigenvalue weighted by atomic mass is 10.1. The molecule has 0 saturated heterocycles. The minimum Gasteiger partial charge on any atom is -0.492 e. The fourth-order valence-corrected chi connectivity index (χ4v) is 4.02. The fraction of sp³-hybridized carbons (Fsp3) is 0.111. The van der Waals surface area contributed by atoms with Crippen molar-refractivity contribution in [3.05, 3.63) is 106 Å². The highest BCUT2D eigenvalue weighted by molar-refractivity contribution is 5.87. The summed E-state index contributed by atoms with van der Waals surface area (Å²) in [5.41, 5.74) is 9.79. The van der Waals surface area contributed by atoms with Crippen LogP contribution in [0.1, 0.15) is 15.9 Å². The van der Waals surface area contributed by atoms with Crippen molar-refractivity contribution in [1.82, 2.24) is 19.3 Å². The summed E-state index contributed by atoms with van der Waals surface area (Å²) in [6.07, 6.45) is 0. The van der Waals surface area contributed by atoms with Gasteiger partial charge in [0.2, 0.25) is 5.95 Å². The molecule has 2 aromatic heterocycles. The lowest BCUT2D eigenvalue weighted by Crippen LogP contribution is -2.23. The van der Waals surface area contributed by atoms with E-state index in [1.54, 1.807) is 18.2 Å². The van der Waals surface area contributed by atoms with Gasteiger partial charge in [-0.05, 0) is 48.0 Å². The molecule has 0 amide bonds. The number of ether oxygens (including phenoxy) is 1. The van der Waals surface area contributed by atoms with Crippen molar-refractivity contribution in [2.24, 2.45) is 0 Å². The number of hydrogen-bond acceptors (Lipinski definition) is 6. The molecule has 3 aromatic carbocycles. The van der Waals surface area contributed by atoms with E-state index >= 15 is 0 Å². The highest BCUT2D eigenvalue weighted by atomic mass is 16.5. The molecule has 0 radical (unpaired) electrons. The number of imidazole rings is 1. The summed E-state index contributed by atoms with van der Waals surface area (Å²) in [6.45, 7) is 1.08. The van der Waals surface area contributed by atoms with Crippen LogP contribution >= 0.6 is 0 Å². The van der Waals surface area contributed by atoms with Crippen LogP contribution in [-0.2, 0) is 13.1 Å². The van der Waals surface area contributed by atoms with Crippen LogP contribution in [0, 0.1) is 0 Å². The van der Waals surface area contributed by atoms with E-state index in [2.05, 4.69) is 10.1 Å². The van der Waals surface area contributed by atoms with Gasteiger partial charge in [0.15, 0.2) is 0 Å². The zero-order chi connectivity index (χ0) is 25.1. The monoisotopic (exact) mass is 481 g/mol. The summed E-state index contributed by atoms with van der Waals surface area (Å²) < 4.78 is 9.20. The van der Waals surface area contributed by atoms with Crippen LogP contribution in [0.5, 0.6) is 5.75 Å². The van der Waals surface area contributed by atoms with Gasteiger partial charge in [-0.15, -0.1) is 0 Å². The van der Waals surface area contributed by atoms with E-state index in [0.29, 0.717) is 36.1 Å². The number of carbonyl (C=O) groups is 1. The van der Waals surface area contributed by atoms with Crippen molar-refractivity contribution in [2.75, 3.05) is 12.3 Å². The van der Waals surface area contributed by atoms with Gasteiger partial charge in [-0.2, -0.15) is 5.10 Å². The lowest BCUT2D eigenvalue weighted by Gasteiger charge is -2.11. The van der Waals surface area contributed by atoms with E-state index in [9.17, 15) is 14.7 Å². The molecule has 0 atom stereocenters. The van der Waals surface area contributed by atoms with Gasteiger partial charge >= 0.3 is 5.97 Å². The Kier molecular flexibility index (Phi) is 6.19. The lowest BCUT2D eigenvalue weighted by molar-refractivity contribution is 0.0696. The summed E-state index contributed by atoms with van der Waals surface area (Å²) in [6, 6.07) is 24.8. The van der Waals surface area contributed by atoms with Crippen molar-refractivity contribution >= 4 is 23.0 Å². The Morgan fingerprint density at radius 1 is 0.972 bits per heavy atom. The van der Waals surface area contributed by atoms with Crippen LogP contribution in [-0.4, -0.2) is 37.0 Å². The third-order valence-electron chi connectivity index (χ3n) is 5.77. The second-order valence-corrected chi connectivity index (χ2v) is 8.21. The number of anilines is 1. The number of nitrogens with zero attached hydrogens (tertiary/aromatic N) is 4. The van der Waals surface area contributed by atoms with E-state index in [0.717, 1.165) is 16.6 Å². The minimum atomic E-state index is -1.02. The number of carboxylic acid groups (broad SMARTS) is 1. The molecule has 0 unspecified atom stereocenters. The number of carboxylic acids is 1. The Morgan fingerprint density at radius 3 is 2.67 bits per heavy atom. The van der Waals surface area contributed by atoms with Crippen molar-refractivity contribution in [2.45, 2.75) is 13.1 Å². The second-order valence-electron chi connectivity index (χ2n) is 8.21. The molecule has 0 aliphatic rings. The van der Waals surface area contributed by atoms with E-state index in [1.807, 2.05) is 53.1 Å². The average Bonchev–Trinajstić information content (AvgIpc) is 3.20. The largest absolute Gasteiger partial charge is 0.492 e. The summed E-state index contributed by atoms with van der Waals surface area (Å²) in [5.74, 6) is 0.0738. The van der Waals surface area contributed by atoms with Gasteiger partial charge in [-0.3, -0.25) is 4.79 Å². The fourth-order valence-electron chi connectivity index (χ4n) is 4.02. The van der Waals surface area contributed by atoms with Crippen LogP contribution in [0.4, 0.5) is 5.95 Å². The Morgan fingerprint density at radius 2 is 1.81 bits per heavy atom. The first kappa shape index (κ1) is 22.9. The number of fused-ring (bicyclic) bond motifs is 1. The van der Waals surface area contributed by atoms with Crippen molar-refractivity contribution in [3.8, 4) is 17.0 Å². The molecule has 0 aliphatic heterocycles. The molecule has 36 heavy (non-hydrogen) atoms. The van der Waals surface area contributed by atoms with Crippen molar-refractivity contribution in [1.29, 1.82) is 0 Å². The molecule has 2 heterocycles. The SMILES string of the molecule is Nc1nc2ccccc2n1CCOc1cccc(-c2ccc(=O)n(Cc3cccc(C(=O)O)c3)n2)c1. The Hall–Kier alpha value is -4.92. The molecule has 0 aliphatic carbocycles. The quantitative estimate of drug-likeness (QED) is 0.346. The van der Waals surface area contributed by atoms with Gasteiger partial charge in [0.25, 0.3) is 5.56 Å². The number of benzene rings is 3. The molecule has 0 saturated carbocycles. The molecule has 3 N–H and O–H groups in total. The summed E-state index contributed by atoms with van der Waals surface area (Å²) >= 11 is 0. The highest BCUT2D eigenvalue weighted by Gasteiger charge is 2.10. The van der Waals surface area contributed by atoms with E-state index in [1.165, 1.54) is 22.9 Å². The number of hydrogen-bond donors (Lipinski definition) is 2. The number of rotatable bonds is 8. The third-order valence-corrected chi connectivity index (χ3v) is 5.77. The van der Waals surface area contributed by atoms with Gasteiger partial charge in [-0.25, -0.2) is 14.5 Å². The zero-order valence-electron chi connectivity index (χ0n) is 19.2. The van der Waals surface area contributed by atoms with Gasteiger partial charge in [0, 0.05) is 11.6 Å². The van der Waals surface area contributed by atoms with E-state index in [-0.39, 0.29) is 17.7 Å². The van der Waals surface area contributed by atoms with Crippen LogP contribution < -0.4 is 16.0 Å². The molecule has 5 rings (SSSR count).